The van der Waals surface area contributed by atoms with Gasteiger partial charge < -0.3 is 19.3 Å². The van der Waals surface area contributed by atoms with E-state index >= 15 is 0 Å². The van der Waals surface area contributed by atoms with Crippen LogP contribution in [-0.4, -0.2) is 0 Å². The lowest BCUT2D eigenvalue weighted by molar-refractivity contribution is 0.482. The predicted molar refractivity (Wildman–Crippen MR) is 246 cm³/mol. The van der Waals surface area contributed by atoms with Gasteiger partial charge in [0, 0.05) is 34.1 Å². The van der Waals surface area contributed by atoms with E-state index in [-0.39, 0.29) is 0 Å². The first kappa shape index (κ1) is 37.0. The molecule has 0 amide bonds. The lowest BCUT2D eigenvalue weighted by Gasteiger charge is -2.29. The van der Waals surface area contributed by atoms with Gasteiger partial charge in [0.1, 0.15) is 23.0 Å². The molecule has 0 fully saturated rings. The normalized spacial score (nSPS) is 11.0. The summed E-state index contributed by atoms with van der Waals surface area (Å²) in [6.45, 7) is 6.47. The van der Waals surface area contributed by atoms with Crippen molar-refractivity contribution in [3.63, 3.8) is 0 Å². The van der Waals surface area contributed by atoms with Crippen LogP contribution in [0, 0.1) is 20.8 Å². The third-order valence-electron chi connectivity index (χ3n) is 10.6. The van der Waals surface area contributed by atoms with Crippen LogP contribution >= 0.6 is 0 Å². The maximum atomic E-state index is 6.19. The van der Waals surface area contributed by atoms with Gasteiger partial charge in [0.05, 0.1) is 0 Å². The Labute approximate surface area is 346 Å². The quantitative estimate of drug-likeness (QED) is 0.131. The number of nitrogens with zero attached hydrogens (tertiary/aromatic N) is 2. The zero-order valence-electron chi connectivity index (χ0n) is 33.4. The molecular weight excluding hydrogens is 721 g/mol. The zero-order valence-corrected chi connectivity index (χ0v) is 33.4. The molecule has 0 bridgehead atoms. The fraction of sp³-hybridized carbons (Fsp3) is 0.0545. The summed E-state index contributed by atoms with van der Waals surface area (Å²) in [6.07, 6.45) is 0. The number of rotatable bonds is 11. The third-order valence-corrected chi connectivity index (χ3v) is 10.6. The van der Waals surface area contributed by atoms with Crippen molar-refractivity contribution in [2.24, 2.45) is 0 Å². The molecule has 9 aromatic carbocycles. The second-order valence-corrected chi connectivity index (χ2v) is 14.9. The molecule has 0 aromatic heterocycles. The minimum absolute atomic E-state index is 0.784. The fourth-order valence-corrected chi connectivity index (χ4v) is 7.58. The number of hydrogen-bond donors (Lipinski definition) is 0. The Balaban J connectivity index is 1.18. The van der Waals surface area contributed by atoms with Gasteiger partial charge in [-0.1, -0.05) is 102 Å². The minimum atomic E-state index is 0.784. The lowest BCUT2D eigenvalue weighted by atomic mass is 9.93. The number of hydrogen-bond acceptors (Lipinski definition) is 4. The third kappa shape index (κ3) is 8.16. The summed E-state index contributed by atoms with van der Waals surface area (Å²) in [5, 5.41) is 2.35. The van der Waals surface area contributed by atoms with Crippen molar-refractivity contribution in [2.45, 2.75) is 20.8 Å². The second kappa shape index (κ2) is 16.5. The summed E-state index contributed by atoms with van der Waals surface area (Å²) >= 11 is 0. The monoisotopic (exact) mass is 764 g/mol. The highest BCUT2D eigenvalue weighted by atomic mass is 16.5. The van der Waals surface area contributed by atoms with Gasteiger partial charge in [-0.05, 0) is 170 Å². The summed E-state index contributed by atoms with van der Waals surface area (Å²) < 4.78 is 12.4. The van der Waals surface area contributed by atoms with Crippen LogP contribution in [-0.2, 0) is 0 Å². The molecule has 0 saturated heterocycles. The maximum absolute atomic E-state index is 6.19. The van der Waals surface area contributed by atoms with Crippen molar-refractivity contribution in [1.29, 1.82) is 0 Å². The molecule has 0 radical (unpaired) electrons. The predicted octanol–water partition coefficient (Wildman–Crippen LogP) is 16.0. The van der Waals surface area contributed by atoms with Gasteiger partial charge in [0.2, 0.25) is 0 Å². The van der Waals surface area contributed by atoms with Gasteiger partial charge in [-0.3, -0.25) is 0 Å². The van der Waals surface area contributed by atoms with Crippen LogP contribution in [0.4, 0.5) is 34.1 Å². The SMILES string of the molecule is Cc1ccc(N(c2ccc(Oc3ccccc3)cc2)c2cc(-c3ccccc3)c3cc(N(c4ccc(C)cc4)c4ccc(Oc5ccccc5)cc4)cc(C)c3c2)cc1. The van der Waals surface area contributed by atoms with E-state index < -0.39 is 0 Å². The molecule has 0 aliphatic heterocycles. The Hall–Kier alpha value is -7.56. The van der Waals surface area contributed by atoms with Gasteiger partial charge in [0.25, 0.3) is 0 Å². The van der Waals surface area contributed by atoms with E-state index in [1.807, 2.05) is 84.9 Å². The van der Waals surface area contributed by atoms with Crippen LogP contribution in [0.15, 0.2) is 212 Å². The van der Waals surface area contributed by atoms with Gasteiger partial charge in [-0.15, -0.1) is 0 Å². The minimum Gasteiger partial charge on any atom is -0.457 e. The van der Waals surface area contributed by atoms with E-state index in [1.165, 1.54) is 27.5 Å². The Kier molecular flexibility index (Phi) is 10.4. The largest absolute Gasteiger partial charge is 0.457 e. The maximum Gasteiger partial charge on any atom is 0.127 e. The topological polar surface area (TPSA) is 24.9 Å². The van der Waals surface area contributed by atoms with Crippen LogP contribution in [0.2, 0.25) is 0 Å². The molecule has 0 atom stereocenters. The van der Waals surface area contributed by atoms with Crippen LogP contribution < -0.4 is 19.3 Å². The van der Waals surface area contributed by atoms with Crippen molar-refractivity contribution in [1.82, 2.24) is 0 Å². The van der Waals surface area contributed by atoms with Crippen molar-refractivity contribution in [3.8, 4) is 34.1 Å². The van der Waals surface area contributed by atoms with E-state index in [9.17, 15) is 0 Å². The van der Waals surface area contributed by atoms with Crippen LogP contribution in [0.5, 0.6) is 23.0 Å². The highest BCUT2D eigenvalue weighted by Crippen LogP contribution is 2.45. The molecule has 9 aromatic rings. The number of ether oxygens (including phenoxy) is 2. The van der Waals surface area contributed by atoms with E-state index in [1.54, 1.807) is 0 Å². The van der Waals surface area contributed by atoms with Crippen LogP contribution in [0.1, 0.15) is 16.7 Å². The molecule has 0 unspecified atom stereocenters. The number of fused-ring (bicyclic) bond motifs is 1. The van der Waals surface area contributed by atoms with Crippen LogP contribution in [0.3, 0.4) is 0 Å². The molecule has 0 spiro atoms. The fourth-order valence-electron chi connectivity index (χ4n) is 7.58. The second-order valence-electron chi connectivity index (χ2n) is 14.9. The first-order valence-electron chi connectivity index (χ1n) is 20.0. The molecule has 4 heteroatoms. The molecule has 0 N–H and O–H groups in total. The Morgan fingerprint density at radius 2 is 0.661 bits per heavy atom. The summed E-state index contributed by atoms with van der Waals surface area (Å²) in [6, 6.07) is 74.0. The van der Waals surface area contributed by atoms with Gasteiger partial charge in [-0.25, -0.2) is 0 Å². The first-order valence-corrected chi connectivity index (χ1v) is 20.0. The van der Waals surface area contributed by atoms with Crippen molar-refractivity contribution < 1.29 is 9.47 Å². The zero-order chi connectivity index (χ0) is 40.1. The van der Waals surface area contributed by atoms with Gasteiger partial charge in [0.15, 0.2) is 0 Å². The average Bonchev–Trinajstić information content (AvgIpc) is 3.27. The summed E-state index contributed by atoms with van der Waals surface area (Å²) in [5.74, 6) is 3.19. The van der Waals surface area contributed by atoms with Crippen molar-refractivity contribution in [2.75, 3.05) is 9.80 Å². The molecule has 0 aliphatic carbocycles. The van der Waals surface area contributed by atoms with Gasteiger partial charge in [-0.2, -0.15) is 0 Å². The molecule has 59 heavy (non-hydrogen) atoms. The summed E-state index contributed by atoms with van der Waals surface area (Å²) in [7, 11) is 0. The summed E-state index contributed by atoms with van der Waals surface area (Å²) in [5.41, 5.74) is 12.3. The molecule has 0 aliphatic rings. The highest BCUT2D eigenvalue weighted by Gasteiger charge is 2.20. The van der Waals surface area contributed by atoms with Crippen LogP contribution in [0.25, 0.3) is 21.9 Å². The Morgan fingerprint density at radius 3 is 1.10 bits per heavy atom. The molecule has 0 heterocycles. The Bertz CT molecular complexity index is 2800. The van der Waals surface area contributed by atoms with Gasteiger partial charge >= 0.3 is 0 Å². The lowest BCUT2D eigenvalue weighted by Crippen LogP contribution is -2.11. The van der Waals surface area contributed by atoms with E-state index in [0.717, 1.165) is 68.2 Å². The van der Waals surface area contributed by atoms with Crippen molar-refractivity contribution >= 4 is 44.9 Å². The molecule has 286 valence electrons. The number of aryl methyl sites for hydroxylation is 3. The number of benzene rings is 9. The Morgan fingerprint density at radius 1 is 0.305 bits per heavy atom. The van der Waals surface area contributed by atoms with Crippen molar-refractivity contribution in [3.05, 3.63) is 229 Å². The standard InChI is InChI=1S/C55H44N2O2/c1-39-19-23-43(24-20-39)56(45-27-31-51(32-28-45)58-49-15-9-5-10-16-49)47-35-41(3)53-36-48(37-54(55(53)38-47)42-13-7-4-8-14-42)57(44-25-21-40(2)22-26-44)46-29-33-52(34-30-46)59-50-17-11-6-12-18-50/h4-38H,1-3H3. The number of para-hydroxylation sites is 2. The van der Waals surface area contributed by atoms with E-state index in [0.29, 0.717) is 0 Å². The molecule has 0 saturated carbocycles. The number of anilines is 6. The van der Waals surface area contributed by atoms with E-state index in [2.05, 4.69) is 158 Å². The highest BCUT2D eigenvalue weighted by molar-refractivity contribution is 6.04. The molecular formula is C55H44N2O2. The molecule has 4 nitrogen and oxygen atoms in total. The smallest absolute Gasteiger partial charge is 0.127 e. The van der Waals surface area contributed by atoms with E-state index in [4.69, 9.17) is 9.47 Å². The average molecular weight is 765 g/mol. The molecule has 9 rings (SSSR count). The first-order chi connectivity index (χ1) is 28.9. The summed E-state index contributed by atoms with van der Waals surface area (Å²) in [4.78, 5) is 4.67.